The molecule has 0 aromatic heterocycles. The molecular weight excluding hydrogens is 312 g/mol. The molecule has 1 rings (SSSR count). The highest BCUT2D eigenvalue weighted by Crippen LogP contribution is 2.23. The average Bonchev–Trinajstić information content (AvgIpc) is 2.34. The van der Waals surface area contributed by atoms with Crippen molar-refractivity contribution in [3.63, 3.8) is 0 Å². The van der Waals surface area contributed by atoms with Crippen LogP contribution in [0.5, 0.6) is 0 Å². The molecule has 0 radical (unpaired) electrons. The Labute approximate surface area is 120 Å². The number of nitrogens with zero attached hydrogens (tertiary/aromatic N) is 1. The summed E-state index contributed by atoms with van der Waals surface area (Å²) in [5, 5.41) is 14.0. The molecule has 0 amide bonds. The quantitative estimate of drug-likeness (QED) is 0.345. The van der Waals surface area contributed by atoms with E-state index in [1.54, 1.807) is 12.1 Å². The third-order valence-corrected chi connectivity index (χ3v) is 2.82. The molecule has 0 fully saturated rings. The van der Waals surface area contributed by atoms with Crippen LogP contribution in [0.3, 0.4) is 0 Å². The summed E-state index contributed by atoms with van der Waals surface area (Å²) in [5.74, 6) is 0. The van der Waals surface area contributed by atoms with Gasteiger partial charge in [-0.1, -0.05) is 28.1 Å². The van der Waals surface area contributed by atoms with Gasteiger partial charge in [-0.3, -0.25) is 10.1 Å². The number of rotatable bonds is 8. The highest BCUT2D eigenvalue weighted by molar-refractivity contribution is 9.10. The Morgan fingerprint density at radius 3 is 2.95 bits per heavy atom. The molecule has 0 heterocycles. The molecule has 1 aromatic carbocycles. The van der Waals surface area contributed by atoms with Crippen LogP contribution in [0, 0.1) is 10.1 Å². The predicted molar refractivity (Wildman–Crippen MR) is 78.1 cm³/mol. The van der Waals surface area contributed by atoms with Gasteiger partial charge in [-0.15, -0.1) is 0 Å². The van der Waals surface area contributed by atoms with Crippen LogP contribution in [0.15, 0.2) is 34.8 Å². The molecule has 0 saturated heterocycles. The fraction of sp³-hybridized carbons (Fsp3) is 0.385. The zero-order chi connectivity index (χ0) is 14.3. The molecule has 0 atom stereocenters. The van der Waals surface area contributed by atoms with E-state index in [9.17, 15) is 10.1 Å². The molecule has 0 aliphatic carbocycles. The van der Waals surface area contributed by atoms with Crippen LogP contribution in [0.25, 0.3) is 0 Å². The van der Waals surface area contributed by atoms with Crippen LogP contribution < -0.4 is 5.32 Å². The van der Waals surface area contributed by atoms with Gasteiger partial charge in [0.05, 0.1) is 18.1 Å². The van der Waals surface area contributed by atoms with Crippen molar-refractivity contribution in [1.29, 1.82) is 0 Å². The Kier molecular flexibility index (Phi) is 6.69. The average molecular weight is 329 g/mol. The van der Waals surface area contributed by atoms with Gasteiger partial charge >= 0.3 is 0 Å². The SMILES string of the molecule is C=C(C)COCCNCc1ccc(Br)cc1[N+](=O)[O-]. The Balaban J connectivity index is 2.41. The third-order valence-electron chi connectivity index (χ3n) is 2.33. The largest absolute Gasteiger partial charge is 0.376 e. The summed E-state index contributed by atoms with van der Waals surface area (Å²) in [7, 11) is 0. The lowest BCUT2D eigenvalue weighted by molar-refractivity contribution is -0.385. The molecule has 1 aromatic rings. The summed E-state index contributed by atoms with van der Waals surface area (Å²) >= 11 is 3.23. The molecule has 1 N–H and O–H groups in total. The maximum atomic E-state index is 10.9. The van der Waals surface area contributed by atoms with E-state index in [0.29, 0.717) is 36.3 Å². The lowest BCUT2D eigenvalue weighted by atomic mass is 10.2. The summed E-state index contributed by atoms with van der Waals surface area (Å²) in [6.07, 6.45) is 0. The Hall–Kier alpha value is -1.24. The van der Waals surface area contributed by atoms with Gasteiger partial charge in [0, 0.05) is 29.2 Å². The topological polar surface area (TPSA) is 64.4 Å². The van der Waals surface area contributed by atoms with Gasteiger partial charge < -0.3 is 10.1 Å². The van der Waals surface area contributed by atoms with Crippen LogP contribution in [0.1, 0.15) is 12.5 Å². The summed E-state index contributed by atoms with van der Waals surface area (Å²) in [6, 6.07) is 5.04. The van der Waals surface area contributed by atoms with Gasteiger partial charge in [-0.2, -0.15) is 0 Å². The minimum Gasteiger partial charge on any atom is -0.376 e. The first-order chi connectivity index (χ1) is 9.00. The first kappa shape index (κ1) is 15.8. The number of hydrogen-bond acceptors (Lipinski definition) is 4. The third kappa shape index (κ3) is 5.96. The van der Waals surface area contributed by atoms with E-state index < -0.39 is 0 Å². The smallest absolute Gasteiger partial charge is 0.275 e. The molecule has 0 saturated carbocycles. The van der Waals surface area contributed by atoms with Crippen LogP contribution in [0.2, 0.25) is 0 Å². The second kappa shape index (κ2) is 8.04. The second-order valence-electron chi connectivity index (χ2n) is 4.22. The molecule has 0 aliphatic rings. The van der Waals surface area contributed by atoms with E-state index in [-0.39, 0.29) is 10.6 Å². The van der Waals surface area contributed by atoms with E-state index in [2.05, 4.69) is 27.8 Å². The molecule has 6 heteroatoms. The maximum Gasteiger partial charge on any atom is 0.275 e. The van der Waals surface area contributed by atoms with E-state index in [1.807, 2.05) is 6.92 Å². The number of hydrogen-bond donors (Lipinski definition) is 1. The monoisotopic (exact) mass is 328 g/mol. The van der Waals surface area contributed by atoms with Crippen LogP contribution in [-0.4, -0.2) is 24.7 Å². The summed E-state index contributed by atoms with van der Waals surface area (Å²) in [6.45, 7) is 7.81. The van der Waals surface area contributed by atoms with Gasteiger partial charge in [-0.05, 0) is 19.1 Å². The maximum absolute atomic E-state index is 10.9. The zero-order valence-electron chi connectivity index (χ0n) is 10.8. The lowest BCUT2D eigenvalue weighted by Gasteiger charge is -2.07. The van der Waals surface area contributed by atoms with Crippen molar-refractivity contribution in [2.24, 2.45) is 0 Å². The fourth-order valence-electron chi connectivity index (χ4n) is 1.47. The normalized spacial score (nSPS) is 10.4. The number of benzene rings is 1. The Morgan fingerprint density at radius 2 is 2.32 bits per heavy atom. The van der Waals surface area contributed by atoms with Crippen molar-refractivity contribution in [2.75, 3.05) is 19.8 Å². The van der Waals surface area contributed by atoms with E-state index in [0.717, 1.165) is 5.57 Å². The molecule has 19 heavy (non-hydrogen) atoms. The Morgan fingerprint density at radius 1 is 1.58 bits per heavy atom. The van der Waals surface area contributed by atoms with Gasteiger partial charge in [0.1, 0.15) is 0 Å². The molecule has 0 spiro atoms. The van der Waals surface area contributed by atoms with Crippen molar-refractivity contribution >= 4 is 21.6 Å². The number of nitro groups is 1. The standard InChI is InChI=1S/C13H17BrN2O3/c1-10(2)9-19-6-5-15-8-11-3-4-12(14)7-13(11)16(17)18/h3-4,7,15H,1,5-6,8-9H2,2H3. The summed E-state index contributed by atoms with van der Waals surface area (Å²) in [5.41, 5.74) is 1.75. The second-order valence-corrected chi connectivity index (χ2v) is 5.13. The molecular formula is C13H17BrN2O3. The summed E-state index contributed by atoms with van der Waals surface area (Å²) in [4.78, 5) is 10.5. The molecule has 5 nitrogen and oxygen atoms in total. The van der Waals surface area contributed by atoms with Crippen molar-refractivity contribution in [3.05, 3.63) is 50.5 Å². The highest BCUT2D eigenvalue weighted by Gasteiger charge is 2.13. The molecule has 0 unspecified atom stereocenters. The minimum atomic E-state index is -0.376. The van der Waals surface area contributed by atoms with Crippen molar-refractivity contribution < 1.29 is 9.66 Å². The number of ether oxygens (including phenoxy) is 1. The zero-order valence-corrected chi connectivity index (χ0v) is 12.4. The molecule has 0 bridgehead atoms. The first-order valence-corrected chi connectivity index (χ1v) is 6.65. The van der Waals surface area contributed by atoms with Gasteiger partial charge in [0.15, 0.2) is 0 Å². The van der Waals surface area contributed by atoms with Crippen molar-refractivity contribution in [2.45, 2.75) is 13.5 Å². The summed E-state index contributed by atoms with van der Waals surface area (Å²) < 4.78 is 6.03. The van der Waals surface area contributed by atoms with Crippen LogP contribution >= 0.6 is 15.9 Å². The predicted octanol–water partition coefficient (Wildman–Crippen LogP) is 3.04. The Bertz CT molecular complexity index is 463. The van der Waals surface area contributed by atoms with Crippen LogP contribution in [-0.2, 0) is 11.3 Å². The minimum absolute atomic E-state index is 0.115. The van der Waals surface area contributed by atoms with E-state index in [4.69, 9.17) is 4.74 Å². The number of nitrogens with one attached hydrogen (secondary N) is 1. The molecule has 0 aliphatic heterocycles. The van der Waals surface area contributed by atoms with Gasteiger partial charge in [0.2, 0.25) is 0 Å². The number of nitro benzene ring substituents is 1. The first-order valence-electron chi connectivity index (χ1n) is 5.86. The van der Waals surface area contributed by atoms with Crippen LogP contribution in [0.4, 0.5) is 5.69 Å². The van der Waals surface area contributed by atoms with E-state index >= 15 is 0 Å². The van der Waals surface area contributed by atoms with Gasteiger partial charge in [-0.25, -0.2) is 0 Å². The van der Waals surface area contributed by atoms with E-state index in [1.165, 1.54) is 6.07 Å². The highest BCUT2D eigenvalue weighted by atomic mass is 79.9. The fourth-order valence-corrected chi connectivity index (χ4v) is 1.82. The van der Waals surface area contributed by atoms with Gasteiger partial charge in [0.25, 0.3) is 5.69 Å². The molecule has 104 valence electrons. The number of halogens is 1. The van der Waals surface area contributed by atoms with Crippen molar-refractivity contribution in [1.82, 2.24) is 5.32 Å². The van der Waals surface area contributed by atoms with Crippen molar-refractivity contribution in [3.8, 4) is 0 Å². The lowest BCUT2D eigenvalue weighted by Crippen LogP contribution is -2.20.